The molecule has 1 fully saturated rings. The molecule has 0 saturated heterocycles. The highest BCUT2D eigenvalue weighted by Gasteiger charge is 2.49. The molecular formula is C24H44O4. The second kappa shape index (κ2) is 13.2. The Morgan fingerprint density at radius 2 is 1.43 bits per heavy atom. The average molecular weight is 397 g/mol. The minimum absolute atomic E-state index is 0.156. The lowest BCUT2D eigenvalue weighted by atomic mass is 9.74. The molecule has 164 valence electrons. The second-order valence-corrected chi connectivity index (χ2v) is 9.37. The van der Waals surface area contributed by atoms with Crippen LogP contribution in [-0.2, 0) is 14.3 Å². The molecule has 0 heterocycles. The van der Waals surface area contributed by atoms with Gasteiger partial charge in [0.25, 0.3) is 0 Å². The van der Waals surface area contributed by atoms with Gasteiger partial charge in [-0.3, -0.25) is 9.59 Å². The van der Waals surface area contributed by atoms with Crippen molar-refractivity contribution in [3.05, 3.63) is 0 Å². The number of hydrogen-bond acceptors (Lipinski definition) is 3. The fourth-order valence-corrected chi connectivity index (χ4v) is 4.24. The van der Waals surface area contributed by atoms with Gasteiger partial charge >= 0.3 is 11.9 Å². The molecule has 0 aromatic heterocycles. The number of esters is 1. The summed E-state index contributed by atoms with van der Waals surface area (Å²) in [5.41, 5.74) is -1.31. The van der Waals surface area contributed by atoms with Gasteiger partial charge in [0.15, 0.2) is 5.41 Å². The first-order chi connectivity index (χ1) is 13.3. The number of unbranched alkanes of at least 4 members (excludes halogenated alkanes) is 5. The van der Waals surface area contributed by atoms with E-state index < -0.39 is 17.4 Å². The SMILES string of the molecule is CCC(C)C(CCCCCCCCC(C)C)OC(=O)C1(C(=O)O)CCCCC1. The van der Waals surface area contributed by atoms with Gasteiger partial charge in [-0.05, 0) is 37.5 Å². The first kappa shape index (κ1) is 25.0. The van der Waals surface area contributed by atoms with E-state index in [9.17, 15) is 14.7 Å². The van der Waals surface area contributed by atoms with Gasteiger partial charge < -0.3 is 9.84 Å². The predicted molar refractivity (Wildman–Crippen MR) is 114 cm³/mol. The van der Waals surface area contributed by atoms with Crippen LogP contribution in [0.2, 0.25) is 0 Å². The first-order valence-corrected chi connectivity index (χ1v) is 11.8. The average Bonchev–Trinajstić information content (AvgIpc) is 2.68. The monoisotopic (exact) mass is 396 g/mol. The van der Waals surface area contributed by atoms with Crippen molar-refractivity contribution in [3.8, 4) is 0 Å². The summed E-state index contributed by atoms with van der Waals surface area (Å²) in [7, 11) is 0. The summed E-state index contributed by atoms with van der Waals surface area (Å²) in [6.07, 6.45) is 13.8. The molecule has 2 unspecified atom stereocenters. The van der Waals surface area contributed by atoms with Crippen LogP contribution < -0.4 is 0 Å². The molecule has 1 N–H and O–H groups in total. The Hall–Kier alpha value is -1.06. The Morgan fingerprint density at radius 3 is 1.93 bits per heavy atom. The third-order valence-electron chi connectivity index (χ3n) is 6.56. The van der Waals surface area contributed by atoms with Gasteiger partial charge in [-0.1, -0.05) is 91.9 Å². The van der Waals surface area contributed by atoms with Gasteiger partial charge in [-0.2, -0.15) is 0 Å². The van der Waals surface area contributed by atoms with E-state index >= 15 is 0 Å². The zero-order chi connectivity index (χ0) is 21.0. The Morgan fingerprint density at radius 1 is 0.893 bits per heavy atom. The molecule has 0 aromatic rings. The molecule has 0 bridgehead atoms. The van der Waals surface area contributed by atoms with E-state index in [0.29, 0.717) is 12.8 Å². The molecule has 0 spiro atoms. The third kappa shape index (κ3) is 8.13. The number of carboxylic acid groups (broad SMARTS) is 1. The lowest BCUT2D eigenvalue weighted by Crippen LogP contribution is -2.44. The maximum atomic E-state index is 12.9. The van der Waals surface area contributed by atoms with Gasteiger partial charge in [0, 0.05) is 0 Å². The van der Waals surface area contributed by atoms with E-state index in [1.165, 1.54) is 32.1 Å². The van der Waals surface area contributed by atoms with Crippen molar-refractivity contribution in [2.75, 3.05) is 0 Å². The molecule has 1 saturated carbocycles. The summed E-state index contributed by atoms with van der Waals surface area (Å²) in [6, 6.07) is 0. The molecule has 1 aliphatic rings. The van der Waals surface area contributed by atoms with Crippen LogP contribution in [0.3, 0.4) is 0 Å². The zero-order valence-electron chi connectivity index (χ0n) is 18.8. The van der Waals surface area contributed by atoms with Crippen LogP contribution in [0.5, 0.6) is 0 Å². The quantitative estimate of drug-likeness (QED) is 0.200. The lowest BCUT2D eigenvalue weighted by molar-refractivity contribution is -0.177. The lowest BCUT2D eigenvalue weighted by Gasteiger charge is -2.33. The highest BCUT2D eigenvalue weighted by Crippen LogP contribution is 2.39. The van der Waals surface area contributed by atoms with Gasteiger partial charge in [0.1, 0.15) is 6.10 Å². The molecule has 0 aliphatic heterocycles. The normalized spacial score (nSPS) is 18.6. The van der Waals surface area contributed by atoms with Crippen molar-refractivity contribution in [3.63, 3.8) is 0 Å². The molecule has 0 amide bonds. The van der Waals surface area contributed by atoms with Crippen LogP contribution in [0.1, 0.15) is 118 Å². The van der Waals surface area contributed by atoms with E-state index in [2.05, 4.69) is 27.7 Å². The molecule has 2 atom stereocenters. The Kier molecular flexibility index (Phi) is 11.8. The predicted octanol–water partition coefficient (Wildman–Crippen LogP) is 6.76. The number of aliphatic carboxylic acids is 1. The number of carbonyl (C=O) groups excluding carboxylic acids is 1. The van der Waals surface area contributed by atoms with Crippen LogP contribution in [0.15, 0.2) is 0 Å². The summed E-state index contributed by atoms with van der Waals surface area (Å²) in [4.78, 5) is 24.7. The molecular weight excluding hydrogens is 352 g/mol. The number of rotatable bonds is 14. The summed E-state index contributed by atoms with van der Waals surface area (Å²) >= 11 is 0. The third-order valence-corrected chi connectivity index (χ3v) is 6.56. The Bertz CT molecular complexity index is 452. The maximum Gasteiger partial charge on any atom is 0.323 e. The minimum atomic E-state index is -1.31. The molecule has 1 rings (SSSR count). The highest BCUT2D eigenvalue weighted by molar-refractivity contribution is 5.99. The number of ether oxygens (including phenoxy) is 1. The first-order valence-electron chi connectivity index (χ1n) is 11.8. The maximum absolute atomic E-state index is 12.9. The van der Waals surface area contributed by atoms with Crippen molar-refractivity contribution in [1.29, 1.82) is 0 Å². The van der Waals surface area contributed by atoms with Crippen molar-refractivity contribution in [1.82, 2.24) is 0 Å². The summed E-state index contributed by atoms with van der Waals surface area (Å²) in [5.74, 6) is -0.422. The number of carbonyl (C=O) groups is 2. The van der Waals surface area contributed by atoms with Crippen LogP contribution in [0.25, 0.3) is 0 Å². The van der Waals surface area contributed by atoms with E-state index in [1.807, 2.05) is 0 Å². The second-order valence-electron chi connectivity index (χ2n) is 9.37. The zero-order valence-corrected chi connectivity index (χ0v) is 18.8. The van der Waals surface area contributed by atoms with Crippen LogP contribution in [0, 0.1) is 17.3 Å². The molecule has 4 heteroatoms. The Balaban J connectivity index is 2.45. The van der Waals surface area contributed by atoms with E-state index in [4.69, 9.17) is 4.74 Å². The van der Waals surface area contributed by atoms with Gasteiger partial charge in [0.2, 0.25) is 0 Å². The molecule has 1 aliphatic carbocycles. The minimum Gasteiger partial charge on any atom is -0.480 e. The van der Waals surface area contributed by atoms with E-state index in [-0.39, 0.29) is 12.0 Å². The number of carboxylic acids is 1. The fraction of sp³-hybridized carbons (Fsp3) is 0.917. The summed E-state index contributed by atoms with van der Waals surface area (Å²) in [5, 5.41) is 9.72. The summed E-state index contributed by atoms with van der Waals surface area (Å²) < 4.78 is 5.86. The number of hydrogen-bond donors (Lipinski definition) is 1. The fourth-order valence-electron chi connectivity index (χ4n) is 4.24. The van der Waals surface area contributed by atoms with Crippen LogP contribution in [0.4, 0.5) is 0 Å². The molecule has 4 nitrogen and oxygen atoms in total. The van der Waals surface area contributed by atoms with E-state index in [0.717, 1.165) is 50.9 Å². The van der Waals surface area contributed by atoms with Gasteiger partial charge in [-0.25, -0.2) is 0 Å². The smallest absolute Gasteiger partial charge is 0.323 e. The van der Waals surface area contributed by atoms with Crippen molar-refractivity contribution < 1.29 is 19.4 Å². The van der Waals surface area contributed by atoms with Crippen LogP contribution in [-0.4, -0.2) is 23.1 Å². The van der Waals surface area contributed by atoms with E-state index in [1.54, 1.807) is 0 Å². The van der Waals surface area contributed by atoms with Gasteiger partial charge in [-0.15, -0.1) is 0 Å². The molecule has 0 aromatic carbocycles. The van der Waals surface area contributed by atoms with Crippen molar-refractivity contribution in [2.24, 2.45) is 17.3 Å². The largest absolute Gasteiger partial charge is 0.480 e. The van der Waals surface area contributed by atoms with Crippen LogP contribution >= 0.6 is 0 Å². The topological polar surface area (TPSA) is 63.6 Å². The van der Waals surface area contributed by atoms with Crippen molar-refractivity contribution in [2.45, 2.75) is 124 Å². The Labute approximate surface area is 172 Å². The standard InChI is InChI=1S/C24H44O4/c1-5-20(4)21(16-12-9-7-6-8-11-15-19(2)3)28-23(27)24(22(25)26)17-13-10-14-18-24/h19-21H,5-18H2,1-4H3,(H,25,26). The van der Waals surface area contributed by atoms with Gasteiger partial charge in [0.05, 0.1) is 0 Å². The highest BCUT2D eigenvalue weighted by atomic mass is 16.5. The summed E-state index contributed by atoms with van der Waals surface area (Å²) in [6.45, 7) is 8.77. The molecule has 0 radical (unpaired) electrons. The van der Waals surface area contributed by atoms with Crippen molar-refractivity contribution >= 4 is 11.9 Å². The molecule has 28 heavy (non-hydrogen) atoms.